The van der Waals surface area contributed by atoms with Crippen molar-refractivity contribution in [3.63, 3.8) is 0 Å². The number of aromatic nitrogens is 2. The summed E-state index contributed by atoms with van der Waals surface area (Å²) < 4.78 is 43.4. The molecule has 0 amide bonds. The second-order valence-electron chi connectivity index (χ2n) is 5.27. The largest absolute Gasteiger partial charge is 0.493 e. The van der Waals surface area contributed by atoms with E-state index in [9.17, 15) is 13.2 Å². The summed E-state index contributed by atoms with van der Waals surface area (Å²) in [5, 5.41) is 0. The quantitative estimate of drug-likeness (QED) is 0.921. The minimum atomic E-state index is -4.34. The molecule has 1 aromatic carbocycles. The maximum Gasteiger partial charge on any atom is 0.416 e. The van der Waals surface area contributed by atoms with Gasteiger partial charge in [-0.2, -0.15) is 13.2 Å². The molecule has 3 nitrogen and oxygen atoms in total. The summed E-state index contributed by atoms with van der Waals surface area (Å²) in [5.41, 5.74) is 1.52. The number of ether oxygens (including phenoxy) is 1. The number of aromatic amines is 1. The summed E-state index contributed by atoms with van der Waals surface area (Å²) in [6.45, 7) is 0.416. The molecule has 0 radical (unpaired) electrons. The standard InChI is InChI=1S/C15H15F3N2O.ClH/c16-15(17,18)11-2-1-3-12(7-11)21-8-10-4-5-13-14(6-10)20-9-19-13;/h1-3,7,9-10H,4-6,8H2,(H,19,20);1H. The Balaban J connectivity index is 0.00000176. The molecule has 0 bridgehead atoms. The Morgan fingerprint density at radius 1 is 1.32 bits per heavy atom. The van der Waals surface area contributed by atoms with Crippen LogP contribution in [0.1, 0.15) is 23.4 Å². The van der Waals surface area contributed by atoms with Crippen molar-refractivity contribution in [3.05, 3.63) is 47.5 Å². The minimum Gasteiger partial charge on any atom is -0.493 e. The van der Waals surface area contributed by atoms with Crippen LogP contribution in [-0.2, 0) is 19.0 Å². The molecular weight excluding hydrogens is 317 g/mol. The summed E-state index contributed by atoms with van der Waals surface area (Å²) in [6, 6.07) is 5.01. The zero-order valence-corrected chi connectivity index (χ0v) is 12.5. The van der Waals surface area contributed by atoms with Gasteiger partial charge in [0.2, 0.25) is 0 Å². The molecule has 22 heavy (non-hydrogen) atoms. The number of aryl methyl sites for hydroxylation is 1. The predicted octanol–water partition coefficient (Wildman–Crippen LogP) is 4.03. The molecule has 0 saturated carbocycles. The number of rotatable bonds is 3. The number of hydrogen-bond acceptors (Lipinski definition) is 2. The van der Waals surface area contributed by atoms with Crippen molar-refractivity contribution in [2.24, 2.45) is 5.92 Å². The van der Waals surface area contributed by atoms with Gasteiger partial charge in [-0.15, -0.1) is 12.4 Å². The fourth-order valence-corrected chi connectivity index (χ4v) is 2.59. The average molecular weight is 333 g/mol. The topological polar surface area (TPSA) is 37.9 Å². The number of benzene rings is 1. The van der Waals surface area contributed by atoms with E-state index < -0.39 is 11.7 Å². The predicted molar refractivity (Wildman–Crippen MR) is 78.3 cm³/mol. The molecule has 0 fully saturated rings. The van der Waals surface area contributed by atoms with E-state index in [4.69, 9.17) is 4.74 Å². The number of nitrogens with one attached hydrogen (secondary N) is 1. The smallest absolute Gasteiger partial charge is 0.416 e. The van der Waals surface area contributed by atoms with Gasteiger partial charge in [0.1, 0.15) is 5.75 Å². The van der Waals surface area contributed by atoms with Gasteiger partial charge >= 0.3 is 6.18 Å². The van der Waals surface area contributed by atoms with E-state index >= 15 is 0 Å². The van der Waals surface area contributed by atoms with Crippen molar-refractivity contribution in [1.82, 2.24) is 9.97 Å². The van der Waals surface area contributed by atoms with Crippen LogP contribution in [0.25, 0.3) is 0 Å². The van der Waals surface area contributed by atoms with Gasteiger partial charge in [-0.1, -0.05) is 6.07 Å². The Morgan fingerprint density at radius 3 is 2.91 bits per heavy atom. The fourth-order valence-electron chi connectivity index (χ4n) is 2.59. The third-order valence-corrected chi connectivity index (χ3v) is 3.74. The second kappa shape index (κ2) is 6.60. The molecule has 7 heteroatoms. The first-order valence-electron chi connectivity index (χ1n) is 6.83. The number of halogens is 4. The third-order valence-electron chi connectivity index (χ3n) is 3.74. The summed E-state index contributed by atoms with van der Waals surface area (Å²) in [5.74, 6) is 0.563. The molecule has 0 saturated heterocycles. The highest BCUT2D eigenvalue weighted by Crippen LogP contribution is 2.31. The summed E-state index contributed by atoms with van der Waals surface area (Å²) >= 11 is 0. The van der Waals surface area contributed by atoms with Crippen LogP contribution in [0.2, 0.25) is 0 Å². The van der Waals surface area contributed by atoms with Crippen LogP contribution in [-0.4, -0.2) is 16.6 Å². The summed E-state index contributed by atoms with van der Waals surface area (Å²) in [6.07, 6.45) is -0.00367. The molecule has 1 aromatic heterocycles. The molecule has 0 aliphatic heterocycles. The lowest BCUT2D eigenvalue weighted by atomic mass is 9.90. The van der Waals surface area contributed by atoms with Crippen LogP contribution in [0.5, 0.6) is 5.75 Å². The molecule has 1 aliphatic carbocycles. The second-order valence-corrected chi connectivity index (χ2v) is 5.27. The van der Waals surface area contributed by atoms with E-state index in [0.717, 1.165) is 42.8 Å². The van der Waals surface area contributed by atoms with Crippen molar-refractivity contribution in [2.45, 2.75) is 25.4 Å². The van der Waals surface area contributed by atoms with E-state index in [2.05, 4.69) is 9.97 Å². The highest BCUT2D eigenvalue weighted by atomic mass is 35.5. The first kappa shape index (κ1) is 16.7. The summed E-state index contributed by atoms with van der Waals surface area (Å²) in [7, 11) is 0. The highest BCUT2D eigenvalue weighted by Gasteiger charge is 2.30. The molecule has 1 N–H and O–H groups in total. The zero-order chi connectivity index (χ0) is 14.9. The zero-order valence-electron chi connectivity index (χ0n) is 11.7. The lowest BCUT2D eigenvalue weighted by Crippen LogP contribution is -2.20. The lowest BCUT2D eigenvalue weighted by Gasteiger charge is -2.21. The Morgan fingerprint density at radius 2 is 2.14 bits per heavy atom. The van der Waals surface area contributed by atoms with E-state index in [1.807, 2.05) is 0 Å². The number of alkyl halides is 3. The molecular formula is C15H16ClF3N2O. The SMILES string of the molecule is Cl.FC(F)(F)c1cccc(OCC2CCc3nc[nH]c3C2)c1. The molecule has 120 valence electrons. The molecule has 1 unspecified atom stereocenters. The minimum absolute atomic E-state index is 0. The fraction of sp³-hybridized carbons (Fsp3) is 0.400. The molecule has 1 heterocycles. The maximum absolute atomic E-state index is 12.6. The Labute approximate surface area is 132 Å². The van der Waals surface area contributed by atoms with Crippen LogP contribution in [0, 0.1) is 5.92 Å². The highest BCUT2D eigenvalue weighted by molar-refractivity contribution is 5.85. The van der Waals surface area contributed by atoms with Crippen molar-refractivity contribution >= 4 is 12.4 Å². The number of imidazole rings is 1. The van der Waals surface area contributed by atoms with E-state index in [1.165, 1.54) is 6.07 Å². The van der Waals surface area contributed by atoms with Crippen LogP contribution in [0.3, 0.4) is 0 Å². The van der Waals surface area contributed by atoms with Crippen molar-refractivity contribution in [3.8, 4) is 5.75 Å². The number of fused-ring (bicyclic) bond motifs is 1. The third kappa shape index (κ3) is 3.74. The normalized spacial score (nSPS) is 17.5. The molecule has 1 aliphatic rings. The molecule has 2 aromatic rings. The van der Waals surface area contributed by atoms with E-state index in [0.29, 0.717) is 12.5 Å². The Kier molecular flexibility index (Phi) is 5.01. The number of nitrogens with zero attached hydrogens (tertiary/aromatic N) is 1. The maximum atomic E-state index is 12.6. The van der Waals surface area contributed by atoms with Gasteiger partial charge in [0.15, 0.2) is 0 Å². The van der Waals surface area contributed by atoms with Crippen molar-refractivity contribution in [2.75, 3.05) is 6.61 Å². The molecule has 0 spiro atoms. The first-order chi connectivity index (χ1) is 10.0. The monoisotopic (exact) mass is 332 g/mol. The van der Waals surface area contributed by atoms with Gasteiger partial charge < -0.3 is 9.72 Å². The van der Waals surface area contributed by atoms with Gasteiger partial charge in [0, 0.05) is 5.69 Å². The van der Waals surface area contributed by atoms with Crippen LogP contribution >= 0.6 is 12.4 Å². The van der Waals surface area contributed by atoms with Crippen molar-refractivity contribution < 1.29 is 17.9 Å². The van der Waals surface area contributed by atoms with Crippen LogP contribution in [0.15, 0.2) is 30.6 Å². The van der Waals surface area contributed by atoms with E-state index in [1.54, 1.807) is 12.4 Å². The molecule has 3 rings (SSSR count). The van der Waals surface area contributed by atoms with E-state index in [-0.39, 0.29) is 18.2 Å². The Hall–Kier alpha value is -1.69. The van der Waals surface area contributed by atoms with Crippen LogP contribution < -0.4 is 4.74 Å². The van der Waals surface area contributed by atoms with Crippen LogP contribution in [0.4, 0.5) is 13.2 Å². The van der Waals surface area contributed by atoms with Gasteiger partial charge in [-0.3, -0.25) is 0 Å². The van der Waals surface area contributed by atoms with Gasteiger partial charge in [0.25, 0.3) is 0 Å². The van der Waals surface area contributed by atoms with Gasteiger partial charge in [0.05, 0.1) is 24.2 Å². The average Bonchev–Trinajstić information content (AvgIpc) is 2.92. The van der Waals surface area contributed by atoms with Gasteiger partial charge in [-0.05, 0) is 43.4 Å². The number of hydrogen-bond donors (Lipinski definition) is 1. The lowest BCUT2D eigenvalue weighted by molar-refractivity contribution is -0.137. The Bertz CT molecular complexity index is 627. The van der Waals surface area contributed by atoms with Crippen molar-refractivity contribution in [1.29, 1.82) is 0 Å². The molecule has 1 atom stereocenters. The van der Waals surface area contributed by atoms with Gasteiger partial charge in [-0.25, -0.2) is 4.98 Å². The summed E-state index contributed by atoms with van der Waals surface area (Å²) in [4.78, 5) is 7.33. The number of H-pyrrole nitrogens is 1. The first-order valence-corrected chi connectivity index (χ1v) is 6.83.